The summed E-state index contributed by atoms with van der Waals surface area (Å²) in [6, 6.07) is -0.654. The Hall–Kier alpha value is -2.95. The van der Waals surface area contributed by atoms with Gasteiger partial charge in [-0.2, -0.15) is 0 Å². The van der Waals surface area contributed by atoms with E-state index in [1.165, 1.54) is 25.7 Å². The van der Waals surface area contributed by atoms with Gasteiger partial charge < -0.3 is 15.5 Å². The first-order chi connectivity index (χ1) is 23.2. The van der Waals surface area contributed by atoms with Crippen LogP contribution in [0.5, 0.6) is 0 Å². The molecule has 4 heteroatoms. The topological polar surface area (TPSA) is 69.6 Å². The normalized spacial score (nSPS) is 14.4. The first-order valence-corrected chi connectivity index (χ1v) is 18.6. The van der Waals surface area contributed by atoms with Crippen molar-refractivity contribution in [2.45, 2.75) is 148 Å². The number of hydrogen-bond acceptors (Lipinski definition) is 3. The molecule has 0 rings (SSSR count). The number of nitrogens with one attached hydrogen (secondary N) is 1. The molecule has 0 fully saturated rings. The van der Waals surface area contributed by atoms with E-state index in [9.17, 15) is 15.0 Å². The van der Waals surface area contributed by atoms with Crippen molar-refractivity contribution in [3.63, 3.8) is 0 Å². The van der Waals surface area contributed by atoms with Gasteiger partial charge in [0.05, 0.1) is 18.8 Å². The van der Waals surface area contributed by atoms with Gasteiger partial charge in [0, 0.05) is 6.42 Å². The molecule has 0 aliphatic heterocycles. The largest absolute Gasteiger partial charge is 0.394 e. The summed E-state index contributed by atoms with van der Waals surface area (Å²) in [6.07, 6.45) is 57.6. The average Bonchev–Trinajstić information content (AvgIpc) is 3.07. The van der Waals surface area contributed by atoms with E-state index in [0.29, 0.717) is 6.42 Å². The molecule has 0 spiro atoms. The summed E-state index contributed by atoms with van der Waals surface area (Å²) < 4.78 is 0. The highest BCUT2D eigenvalue weighted by atomic mass is 16.3. The summed E-state index contributed by atoms with van der Waals surface area (Å²) in [5, 5.41) is 22.7. The maximum atomic E-state index is 12.3. The van der Waals surface area contributed by atoms with Gasteiger partial charge in [-0.15, -0.1) is 0 Å². The lowest BCUT2D eigenvalue weighted by molar-refractivity contribution is -0.123. The molecular weight excluding hydrogens is 578 g/mol. The van der Waals surface area contributed by atoms with Crippen molar-refractivity contribution in [2.24, 2.45) is 0 Å². The Bertz CT molecular complexity index is 964. The third kappa shape index (κ3) is 34.2. The van der Waals surface area contributed by atoms with E-state index in [1.54, 1.807) is 6.08 Å². The first kappa shape index (κ1) is 44.0. The van der Waals surface area contributed by atoms with Crippen molar-refractivity contribution in [3.05, 3.63) is 109 Å². The summed E-state index contributed by atoms with van der Waals surface area (Å²) in [5.74, 6) is -0.104. The van der Waals surface area contributed by atoms with E-state index >= 15 is 0 Å². The van der Waals surface area contributed by atoms with Crippen molar-refractivity contribution < 1.29 is 15.0 Å². The molecule has 0 aromatic carbocycles. The number of aliphatic hydroxyl groups is 2. The Morgan fingerprint density at radius 2 is 0.957 bits per heavy atom. The molecule has 0 saturated heterocycles. The molecule has 4 nitrogen and oxygen atoms in total. The fourth-order valence-electron chi connectivity index (χ4n) is 4.63. The summed E-state index contributed by atoms with van der Waals surface area (Å²) in [5.41, 5.74) is 0. The molecule has 0 aliphatic carbocycles. The van der Waals surface area contributed by atoms with Crippen molar-refractivity contribution in [1.29, 1.82) is 0 Å². The fourth-order valence-corrected chi connectivity index (χ4v) is 4.63. The van der Waals surface area contributed by atoms with Gasteiger partial charge in [0.15, 0.2) is 0 Å². The van der Waals surface area contributed by atoms with Crippen molar-refractivity contribution in [3.8, 4) is 0 Å². The molecule has 0 heterocycles. The third-order valence-electron chi connectivity index (χ3n) is 7.49. The van der Waals surface area contributed by atoms with Gasteiger partial charge in [0.1, 0.15) is 0 Å². The van der Waals surface area contributed by atoms with Crippen LogP contribution in [0.4, 0.5) is 0 Å². The van der Waals surface area contributed by atoms with Crippen LogP contribution in [-0.4, -0.2) is 34.9 Å². The zero-order chi connectivity index (χ0) is 34.3. The minimum Gasteiger partial charge on any atom is -0.394 e. The molecule has 0 aliphatic rings. The lowest BCUT2D eigenvalue weighted by Crippen LogP contribution is -2.45. The van der Waals surface area contributed by atoms with E-state index in [1.807, 2.05) is 6.08 Å². The predicted molar refractivity (Wildman–Crippen MR) is 206 cm³/mol. The zero-order valence-electron chi connectivity index (χ0n) is 30.0. The van der Waals surface area contributed by atoms with Crippen LogP contribution >= 0.6 is 0 Å². The molecule has 0 bridgehead atoms. The molecule has 3 N–H and O–H groups in total. The van der Waals surface area contributed by atoms with Gasteiger partial charge in [-0.05, 0) is 83.5 Å². The number of unbranched alkanes of at least 4 members (excludes halogenated alkanes) is 8. The lowest BCUT2D eigenvalue weighted by Gasteiger charge is -2.19. The Labute approximate surface area is 289 Å². The number of amides is 1. The molecule has 47 heavy (non-hydrogen) atoms. The highest BCUT2D eigenvalue weighted by Gasteiger charge is 2.17. The number of aliphatic hydroxyl groups excluding tert-OH is 2. The molecule has 1 amide bonds. The number of allylic oxidation sites excluding steroid dienone is 17. The van der Waals surface area contributed by atoms with Gasteiger partial charge in [-0.1, -0.05) is 155 Å². The predicted octanol–water partition coefficient (Wildman–Crippen LogP) is 11.3. The van der Waals surface area contributed by atoms with Crippen LogP contribution in [0.2, 0.25) is 0 Å². The van der Waals surface area contributed by atoms with Crippen LogP contribution in [0.1, 0.15) is 136 Å². The van der Waals surface area contributed by atoms with Crippen LogP contribution in [0.25, 0.3) is 0 Å². The molecule has 2 atom stereocenters. The fraction of sp³-hybridized carbons (Fsp3) is 0.558. The maximum Gasteiger partial charge on any atom is 0.220 e. The Morgan fingerprint density at radius 3 is 1.49 bits per heavy atom. The second-order valence-electron chi connectivity index (χ2n) is 11.9. The molecule has 2 unspecified atom stereocenters. The number of rotatable bonds is 31. The van der Waals surface area contributed by atoms with Crippen molar-refractivity contribution in [2.75, 3.05) is 6.61 Å². The van der Waals surface area contributed by atoms with E-state index in [0.717, 1.165) is 89.9 Å². The minimum atomic E-state index is -0.875. The molecule has 264 valence electrons. The van der Waals surface area contributed by atoms with Crippen molar-refractivity contribution in [1.82, 2.24) is 5.32 Å². The second kappa shape index (κ2) is 37.5. The average molecular weight is 648 g/mol. The number of hydrogen-bond donors (Lipinski definition) is 3. The Morgan fingerprint density at radius 1 is 0.532 bits per heavy atom. The summed E-state index contributed by atoms with van der Waals surface area (Å²) in [7, 11) is 0. The van der Waals surface area contributed by atoms with E-state index in [-0.39, 0.29) is 12.5 Å². The van der Waals surface area contributed by atoms with Gasteiger partial charge in [-0.3, -0.25) is 4.79 Å². The standard InChI is InChI=1S/C43H69NO3/c1-3-5-7-9-11-13-14-15-16-17-18-19-20-21-22-23-24-25-26-27-28-29-30-31-33-35-37-39-43(47)44-41(40-45)42(46)38-36-34-32-12-10-8-6-4-2/h5,7,10-13,15-16,18-19,21-22,24-25,27-28,36,38,41-42,45-46H,3-4,6,8-9,14,17,20,23,26,29-35,37,39-40H2,1-2H3,(H,44,47)/b7-5-,12-10+,13-11-,16-15-,19-18-,22-21-,25-24-,28-27-,38-36+. The van der Waals surface area contributed by atoms with Crippen LogP contribution < -0.4 is 5.32 Å². The van der Waals surface area contributed by atoms with Crippen LogP contribution in [-0.2, 0) is 4.79 Å². The quantitative estimate of drug-likeness (QED) is 0.0518. The van der Waals surface area contributed by atoms with Gasteiger partial charge in [0.2, 0.25) is 5.91 Å². The monoisotopic (exact) mass is 648 g/mol. The molecule has 0 aromatic rings. The Balaban J connectivity index is 3.73. The van der Waals surface area contributed by atoms with Gasteiger partial charge in [-0.25, -0.2) is 0 Å². The van der Waals surface area contributed by atoms with Gasteiger partial charge >= 0.3 is 0 Å². The first-order valence-electron chi connectivity index (χ1n) is 18.6. The smallest absolute Gasteiger partial charge is 0.220 e. The molecule has 0 aromatic heterocycles. The van der Waals surface area contributed by atoms with Crippen LogP contribution in [0.15, 0.2) is 109 Å². The second-order valence-corrected chi connectivity index (χ2v) is 11.9. The highest BCUT2D eigenvalue weighted by Crippen LogP contribution is 2.09. The summed E-state index contributed by atoms with van der Waals surface area (Å²) >= 11 is 0. The molecule has 0 radical (unpaired) electrons. The van der Waals surface area contributed by atoms with Crippen LogP contribution in [0.3, 0.4) is 0 Å². The third-order valence-corrected chi connectivity index (χ3v) is 7.49. The SMILES string of the molecule is CC/C=C\C/C=C\C/C=C\C/C=C\C/C=C\C/C=C\C/C=C\CCCCCCCC(=O)NC(CO)C(O)/C=C/CC/C=C/CCCC. The van der Waals surface area contributed by atoms with Crippen LogP contribution in [0, 0.1) is 0 Å². The molecule has 0 saturated carbocycles. The Kier molecular flexibility index (Phi) is 35.2. The van der Waals surface area contributed by atoms with E-state index < -0.39 is 12.1 Å². The maximum absolute atomic E-state index is 12.3. The lowest BCUT2D eigenvalue weighted by atomic mass is 10.1. The van der Waals surface area contributed by atoms with E-state index in [2.05, 4.69) is 116 Å². The molecular formula is C43H69NO3. The van der Waals surface area contributed by atoms with E-state index in [4.69, 9.17) is 0 Å². The number of carbonyl (C=O) groups excluding carboxylic acids is 1. The zero-order valence-corrected chi connectivity index (χ0v) is 30.0. The summed E-state index contributed by atoms with van der Waals surface area (Å²) in [6.45, 7) is 4.07. The highest BCUT2D eigenvalue weighted by molar-refractivity contribution is 5.76. The van der Waals surface area contributed by atoms with Crippen molar-refractivity contribution >= 4 is 5.91 Å². The summed E-state index contributed by atoms with van der Waals surface area (Å²) in [4.78, 5) is 12.3. The number of carbonyl (C=O) groups is 1. The van der Waals surface area contributed by atoms with Gasteiger partial charge in [0.25, 0.3) is 0 Å². The minimum absolute atomic E-state index is 0.104.